The van der Waals surface area contributed by atoms with Crippen LogP contribution in [-0.2, 0) is 13.1 Å². The third kappa shape index (κ3) is 2.59. The Morgan fingerprint density at radius 1 is 1.22 bits per heavy atom. The molecule has 0 saturated carbocycles. The fraction of sp³-hybridized carbons (Fsp3) is 0.429. The zero-order chi connectivity index (χ0) is 13.0. The van der Waals surface area contributed by atoms with Gasteiger partial charge in [0.05, 0.1) is 6.20 Å². The van der Waals surface area contributed by atoms with Crippen molar-refractivity contribution in [3.8, 4) is 11.1 Å². The van der Waals surface area contributed by atoms with E-state index >= 15 is 0 Å². The number of rotatable bonds is 5. The van der Waals surface area contributed by atoms with Gasteiger partial charge in [-0.15, -0.1) is 0 Å². The standard InChI is InChI=1S/C14H20N4/c1-4-15-7-12-6-13(9-16-8-12)14-10-17-18(5-2)11(14)3/h6,8-10,15H,4-5,7H2,1-3H3. The fourth-order valence-corrected chi connectivity index (χ4v) is 2.05. The first-order chi connectivity index (χ1) is 8.76. The van der Waals surface area contributed by atoms with Crippen LogP contribution in [-0.4, -0.2) is 21.3 Å². The van der Waals surface area contributed by atoms with Crippen molar-refractivity contribution < 1.29 is 0 Å². The van der Waals surface area contributed by atoms with E-state index in [4.69, 9.17) is 0 Å². The third-order valence-electron chi connectivity index (χ3n) is 3.09. The van der Waals surface area contributed by atoms with Crippen LogP contribution < -0.4 is 5.32 Å². The molecule has 0 saturated heterocycles. The first kappa shape index (κ1) is 12.8. The minimum Gasteiger partial charge on any atom is -0.313 e. The van der Waals surface area contributed by atoms with Crippen LogP contribution in [0.2, 0.25) is 0 Å². The Kier molecular flexibility index (Phi) is 4.10. The van der Waals surface area contributed by atoms with Gasteiger partial charge in [-0.2, -0.15) is 5.10 Å². The summed E-state index contributed by atoms with van der Waals surface area (Å²) >= 11 is 0. The Morgan fingerprint density at radius 2 is 2.06 bits per heavy atom. The minimum absolute atomic E-state index is 0.859. The molecule has 0 unspecified atom stereocenters. The molecule has 2 rings (SSSR count). The van der Waals surface area contributed by atoms with E-state index in [0.29, 0.717) is 0 Å². The monoisotopic (exact) mass is 244 g/mol. The molecule has 0 aliphatic heterocycles. The van der Waals surface area contributed by atoms with Crippen LogP contribution in [0.5, 0.6) is 0 Å². The first-order valence-electron chi connectivity index (χ1n) is 6.43. The highest BCUT2D eigenvalue weighted by molar-refractivity contribution is 5.64. The number of hydrogen-bond acceptors (Lipinski definition) is 3. The summed E-state index contributed by atoms with van der Waals surface area (Å²) in [4.78, 5) is 4.31. The minimum atomic E-state index is 0.859. The molecule has 4 heteroatoms. The molecule has 2 heterocycles. The maximum atomic E-state index is 4.38. The molecule has 0 amide bonds. The van der Waals surface area contributed by atoms with Gasteiger partial charge in [0.25, 0.3) is 0 Å². The van der Waals surface area contributed by atoms with Crippen molar-refractivity contribution in [1.82, 2.24) is 20.1 Å². The van der Waals surface area contributed by atoms with Crippen molar-refractivity contribution in [1.29, 1.82) is 0 Å². The average molecular weight is 244 g/mol. The molecule has 0 bridgehead atoms. The zero-order valence-electron chi connectivity index (χ0n) is 11.3. The quantitative estimate of drug-likeness (QED) is 0.878. The molecule has 0 aliphatic carbocycles. The molecule has 2 aromatic rings. The number of nitrogens with one attached hydrogen (secondary N) is 1. The van der Waals surface area contributed by atoms with Crippen LogP contribution in [0.25, 0.3) is 11.1 Å². The van der Waals surface area contributed by atoms with Crippen LogP contribution >= 0.6 is 0 Å². The summed E-state index contributed by atoms with van der Waals surface area (Å²) < 4.78 is 2.01. The van der Waals surface area contributed by atoms with E-state index in [-0.39, 0.29) is 0 Å². The predicted molar refractivity (Wildman–Crippen MR) is 73.2 cm³/mol. The molecule has 0 aliphatic rings. The Morgan fingerprint density at radius 3 is 2.72 bits per heavy atom. The summed E-state index contributed by atoms with van der Waals surface area (Å²) in [6.45, 7) is 9.03. The average Bonchev–Trinajstić information content (AvgIpc) is 2.78. The predicted octanol–water partition coefficient (Wildman–Crippen LogP) is 2.38. The smallest absolute Gasteiger partial charge is 0.0571 e. The summed E-state index contributed by atoms with van der Waals surface area (Å²) in [5.41, 5.74) is 4.71. The number of aromatic nitrogens is 3. The van der Waals surface area contributed by atoms with Crippen molar-refractivity contribution in [2.75, 3.05) is 6.54 Å². The van der Waals surface area contributed by atoms with E-state index in [1.807, 2.05) is 23.3 Å². The lowest BCUT2D eigenvalue weighted by Gasteiger charge is -2.05. The molecule has 18 heavy (non-hydrogen) atoms. The highest BCUT2D eigenvalue weighted by Gasteiger charge is 2.08. The topological polar surface area (TPSA) is 42.7 Å². The number of nitrogens with zero attached hydrogens (tertiary/aromatic N) is 3. The van der Waals surface area contributed by atoms with Crippen LogP contribution in [0.15, 0.2) is 24.7 Å². The second kappa shape index (κ2) is 5.78. The van der Waals surface area contributed by atoms with Crippen molar-refractivity contribution in [3.05, 3.63) is 35.9 Å². The Hall–Kier alpha value is -1.68. The van der Waals surface area contributed by atoms with Crippen molar-refractivity contribution >= 4 is 0 Å². The van der Waals surface area contributed by atoms with Gasteiger partial charge in [-0.1, -0.05) is 6.92 Å². The molecule has 0 aromatic carbocycles. The van der Waals surface area contributed by atoms with Crippen LogP contribution in [0.4, 0.5) is 0 Å². The van der Waals surface area contributed by atoms with Crippen molar-refractivity contribution in [2.24, 2.45) is 0 Å². The maximum Gasteiger partial charge on any atom is 0.0571 e. The van der Waals surface area contributed by atoms with Gasteiger partial charge in [0.15, 0.2) is 0 Å². The van der Waals surface area contributed by atoms with Gasteiger partial charge in [-0.25, -0.2) is 0 Å². The van der Waals surface area contributed by atoms with Gasteiger partial charge in [-0.3, -0.25) is 9.67 Å². The lowest BCUT2D eigenvalue weighted by molar-refractivity contribution is 0.640. The van der Waals surface area contributed by atoms with E-state index in [1.54, 1.807) is 0 Å². The lowest BCUT2D eigenvalue weighted by atomic mass is 10.1. The van der Waals surface area contributed by atoms with Gasteiger partial charge >= 0.3 is 0 Å². The molecule has 0 spiro atoms. The molecular formula is C14H20N4. The highest BCUT2D eigenvalue weighted by Crippen LogP contribution is 2.22. The zero-order valence-corrected chi connectivity index (χ0v) is 11.3. The van der Waals surface area contributed by atoms with E-state index in [1.165, 1.54) is 16.8 Å². The Bertz CT molecular complexity index is 516. The van der Waals surface area contributed by atoms with E-state index in [0.717, 1.165) is 25.2 Å². The second-order valence-electron chi connectivity index (χ2n) is 4.32. The van der Waals surface area contributed by atoms with Gasteiger partial charge in [0, 0.05) is 42.3 Å². The van der Waals surface area contributed by atoms with Gasteiger partial charge in [0.1, 0.15) is 0 Å². The number of aryl methyl sites for hydroxylation is 1. The SMILES string of the molecule is CCNCc1cncc(-c2cnn(CC)c2C)c1. The molecule has 0 atom stereocenters. The largest absolute Gasteiger partial charge is 0.313 e. The molecule has 2 aromatic heterocycles. The molecule has 1 N–H and O–H groups in total. The lowest BCUT2D eigenvalue weighted by Crippen LogP contribution is -2.11. The first-order valence-corrected chi connectivity index (χ1v) is 6.43. The second-order valence-corrected chi connectivity index (χ2v) is 4.32. The van der Waals surface area contributed by atoms with Crippen molar-refractivity contribution in [2.45, 2.75) is 33.9 Å². The van der Waals surface area contributed by atoms with Crippen molar-refractivity contribution in [3.63, 3.8) is 0 Å². The summed E-state index contributed by atoms with van der Waals surface area (Å²) in [7, 11) is 0. The Labute approximate surface area is 108 Å². The molecule has 0 fully saturated rings. The molecule has 96 valence electrons. The van der Waals surface area contributed by atoms with Crippen LogP contribution in [0.1, 0.15) is 25.1 Å². The number of hydrogen-bond donors (Lipinski definition) is 1. The van der Waals surface area contributed by atoms with Crippen LogP contribution in [0.3, 0.4) is 0 Å². The molecule has 4 nitrogen and oxygen atoms in total. The Balaban J connectivity index is 2.29. The molecule has 0 radical (unpaired) electrons. The maximum absolute atomic E-state index is 4.38. The van der Waals surface area contributed by atoms with Gasteiger partial charge < -0.3 is 5.32 Å². The van der Waals surface area contributed by atoms with E-state index < -0.39 is 0 Å². The normalized spacial score (nSPS) is 10.8. The van der Waals surface area contributed by atoms with E-state index in [2.05, 4.69) is 42.2 Å². The summed E-state index contributed by atoms with van der Waals surface area (Å²) in [5, 5.41) is 7.69. The third-order valence-corrected chi connectivity index (χ3v) is 3.09. The summed E-state index contributed by atoms with van der Waals surface area (Å²) in [5.74, 6) is 0. The highest BCUT2D eigenvalue weighted by atomic mass is 15.3. The number of pyridine rings is 1. The summed E-state index contributed by atoms with van der Waals surface area (Å²) in [6.07, 6.45) is 5.73. The van der Waals surface area contributed by atoms with E-state index in [9.17, 15) is 0 Å². The molecular weight excluding hydrogens is 224 g/mol. The summed E-state index contributed by atoms with van der Waals surface area (Å²) in [6, 6.07) is 2.18. The van der Waals surface area contributed by atoms with Gasteiger partial charge in [0.2, 0.25) is 0 Å². The van der Waals surface area contributed by atoms with Gasteiger partial charge in [-0.05, 0) is 32.0 Å². The van der Waals surface area contributed by atoms with Crippen LogP contribution in [0, 0.1) is 6.92 Å². The fourth-order valence-electron chi connectivity index (χ4n) is 2.05.